The fraction of sp³-hybridized carbons (Fsp3) is 0.357. The van der Waals surface area contributed by atoms with E-state index in [2.05, 4.69) is 10.3 Å². The van der Waals surface area contributed by atoms with Gasteiger partial charge in [-0.1, -0.05) is 17.7 Å². The number of halogens is 1. The van der Waals surface area contributed by atoms with E-state index in [1.54, 1.807) is 7.11 Å². The Kier molecular flexibility index (Phi) is 4.58. The summed E-state index contributed by atoms with van der Waals surface area (Å²) in [6, 6.07) is 7.60. The summed E-state index contributed by atoms with van der Waals surface area (Å²) in [5, 5.41) is 14.3. The number of aromatic nitrogens is 1. The zero-order chi connectivity index (χ0) is 13.8. The molecule has 2 aromatic rings. The van der Waals surface area contributed by atoms with Crippen molar-refractivity contribution >= 4 is 28.3 Å². The van der Waals surface area contributed by atoms with Crippen molar-refractivity contribution in [3.8, 4) is 0 Å². The normalized spacial score (nSPS) is 12.6. The van der Waals surface area contributed by atoms with E-state index in [1.807, 2.05) is 31.2 Å². The summed E-state index contributed by atoms with van der Waals surface area (Å²) in [5.74, 6) is 0.716. The van der Waals surface area contributed by atoms with Crippen molar-refractivity contribution in [2.45, 2.75) is 13.0 Å². The second-order valence-electron chi connectivity index (χ2n) is 4.45. The highest BCUT2D eigenvalue weighted by atomic mass is 35.5. The highest BCUT2D eigenvalue weighted by Crippen LogP contribution is 2.26. The Balaban J connectivity index is 2.20. The van der Waals surface area contributed by atoms with Gasteiger partial charge >= 0.3 is 0 Å². The minimum absolute atomic E-state index is 0.297. The molecular formula is C14H17ClN2O2. The number of pyridine rings is 1. The van der Waals surface area contributed by atoms with Gasteiger partial charge in [-0.2, -0.15) is 0 Å². The van der Waals surface area contributed by atoms with Gasteiger partial charge in [-0.05, 0) is 30.7 Å². The van der Waals surface area contributed by atoms with Gasteiger partial charge in [-0.3, -0.25) is 0 Å². The predicted molar refractivity (Wildman–Crippen MR) is 77.9 cm³/mol. The van der Waals surface area contributed by atoms with E-state index >= 15 is 0 Å². The molecule has 0 saturated heterocycles. The van der Waals surface area contributed by atoms with Crippen LogP contribution in [-0.2, 0) is 4.74 Å². The lowest BCUT2D eigenvalue weighted by molar-refractivity contribution is 0.0727. The molecule has 4 nitrogen and oxygen atoms in total. The summed E-state index contributed by atoms with van der Waals surface area (Å²) in [7, 11) is 1.56. The third kappa shape index (κ3) is 3.35. The van der Waals surface area contributed by atoms with Gasteiger partial charge in [0.05, 0.1) is 18.2 Å². The quantitative estimate of drug-likeness (QED) is 0.884. The summed E-state index contributed by atoms with van der Waals surface area (Å²) in [5.41, 5.74) is 1.94. The van der Waals surface area contributed by atoms with Crippen molar-refractivity contribution in [2.75, 3.05) is 25.6 Å². The van der Waals surface area contributed by atoms with Crippen LogP contribution < -0.4 is 5.32 Å². The molecule has 1 atom stereocenters. The van der Waals surface area contributed by atoms with Crippen LogP contribution >= 0.6 is 11.6 Å². The zero-order valence-electron chi connectivity index (χ0n) is 11.0. The number of hydrogen-bond donors (Lipinski definition) is 2. The number of benzene rings is 1. The molecule has 0 fully saturated rings. The Morgan fingerprint density at radius 3 is 2.89 bits per heavy atom. The van der Waals surface area contributed by atoms with E-state index in [-0.39, 0.29) is 0 Å². The molecule has 19 heavy (non-hydrogen) atoms. The summed E-state index contributed by atoms with van der Waals surface area (Å²) < 4.78 is 4.87. The average molecular weight is 281 g/mol. The number of hydrogen-bond acceptors (Lipinski definition) is 4. The molecule has 0 amide bonds. The largest absolute Gasteiger partial charge is 0.389 e. The van der Waals surface area contributed by atoms with E-state index in [4.69, 9.17) is 16.3 Å². The number of aliphatic hydroxyl groups is 1. The number of fused-ring (bicyclic) bond motifs is 1. The van der Waals surface area contributed by atoms with E-state index in [1.165, 1.54) is 0 Å². The molecule has 1 aromatic heterocycles. The molecule has 5 heteroatoms. The monoisotopic (exact) mass is 280 g/mol. The molecule has 0 bridgehead atoms. The van der Waals surface area contributed by atoms with Crippen molar-refractivity contribution in [1.82, 2.24) is 4.98 Å². The molecule has 1 aromatic carbocycles. The Hall–Kier alpha value is -1.36. The number of nitrogens with one attached hydrogen (secondary N) is 1. The number of nitrogens with zero attached hydrogens (tertiary/aromatic N) is 1. The summed E-state index contributed by atoms with van der Waals surface area (Å²) in [4.78, 5) is 4.52. The molecule has 0 unspecified atom stereocenters. The van der Waals surface area contributed by atoms with Crippen LogP contribution in [0.4, 0.5) is 5.82 Å². The lowest BCUT2D eigenvalue weighted by atomic mass is 10.1. The number of anilines is 1. The van der Waals surface area contributed by atoms with Crippen LogP contribution in [0.2, 0.25) is 5.02 Å². The lowest BCUT2D eigenvalue weighted by Crippen LogP contribution is -2.24. The smallest absolute Gasteiger partial charge is 0.126 e. The molecule has 0 radical (unpaired) electrons. The molecular weight excluding hydrogens is 264 g/mol. The van der Waals surface area contributed by atoms with Gasteiger partial charge in [-0.15, -0.1) is 0 Å². The van der Waals surface area contributed by atoms with Crippen molar-refractivity contribution in [2.24, 2.45) is 0 Å². The van der Waals surface area contributed by atoms with Gasteiger partial charge in [0.2, 0.25) is 0 Å². The maximum absolute atomic E-state index is 9.59. The number of aliphatic hydroxyl groups excluding tert-OH is 1. The van der Waals surface area contributed by atoms with Crippen molar-refractivity contribution < 1.29 is 9.84 Å². The summed E-state index contributed by atoms with van der Waals surface area (Å²) in [6.45, 7) is 2.69. The third-order valence-corrected chi connectivity index (χ3v) is 3.21. The van der Waals surface area contributed by atoms with Crippen LogP contribution in [-0.4, -0.2) is 36.5 Å². The van der Waals surface area contributed by atoms with Gasteiger partial charge in [0.25, 0.3) is 0 Å². The fourth-order valence-corrected chi connectivity index (χ4v) is 2.11. The van der Waals surface area contributed by atoms with Crippen molar-refractivity contribution in [1.29, 1.82) is 0 Å². The SMILES string of the molecule is COC[C@H](O)CNc1ccc2c(Cl)ccc(C)c2n1. The van der Waals surface area contributed by atoms with Crippen LogP contribution in [0.3, 0.4) is 0 Å². The van der Waals surface area contributed by atoms with Crippen LogP contribution in [0, 0.1) is 6.92 Å². The molecule has 102 valence electrons. The predicted octanol–water partition coefficient (Wildman–Crippen LogP) is 2.62. The number of rotatable bonds is 5. The summed E-state index contributed by atoms with van der Waals surface area (Å²) in [6.07, 6.45) is -0.553. The molecule has 2 rings (SSSR count). The fourth-order valence-electron chi connectivity index (χ4n) is 1.89. The Morgan fingerprint density at radius 1 is 1.37 bits per heavy atom. The molecule has 1 heterocycles. The summed E-state index contributed by atoms with van der Waals surface area (Å²) >= 11 is 6.13. The molecule has 0 aliphatic carbocycles. The van der Waals surface area contributed by atoms with Crippen LogP contribution in [0.5, 0.6) is 0 Å². The topological polar surface area (TPSA) is 54.4 Å². The first-order valence-corrected chi connectivity index (χ1v) is 6.46. The van der Waals surface area contributed by atoms with Crippen LogP contribution in [0.15, 0.2) is 24.3 Å². The molecule has 0 spiro atoms. The number of aryl methyl sites for hydroxylation is 1. The maximum atomic E-state index is 9.59. The van der Waals surface area contributed by atoms with E-state index in [9.17, 15) is 5.11 Å². The first kappa shape index (κ1) is 14.1. The van der Waals surface area contributed by atoms with Crippen LogP contribution in [0.1, 0.15) is 5.56 Å². The van der Waals surface area contributed by atoms with Crippen LogP contribution in [0.25, 0.3) is 10.9 Å². The van der Waals surface area contributed by atoms with Crippen molar-refractivity contribution in [3.63, 3.8) is 0 Å². The van der Waals surface area contributed by atoms with Gasteiger partial charge in [0.1, 0.15) is 5.82 Å². The van der Waals surface area contributed by atoms with E-state index in [0.29, 0.717) is 24.0 Å². The molecule has 0 aliphatic rings. The third-order valence-electron chi connectivity index (χ3n) is 2.88. The first-order valence-electron chi connectivity index (χ1n) is 6.08. The minimum atomic E-state index is -0.553. The maximum Gasteiger partial charge on any atom is 0.126 e. The van der Waals surface area contributed by atoms with Gasteiger partial charge in [-0.25, -0.2) is 4.98 Å². The van der Waals surface area contributed by atoms with Crippen molar-refractivity contribution in [3.05, 3.63) is 34.9 Å². The van der Waals surface area contributed by atoms with Gasteiger partial charge in [0, 0.05) is 24.1 Å². The zero-order valence-corrected chi connectivity index (χ0v) is 11.7. The first-order chi connectivity index (χ1) is 9.11. The van der Waals surface area contributed by atoms with E-state index < -0.39 is 6.10 Å². The number of methoxy groups -OCH3 is 1. The average Bonchev–Trinajstić information content (AvgIpc) is 2.41. The second-order valence-corrected chi connectivity index (χ2v) is 4.85. The Labute approximate surface area is 117 Å². The lowest BCUT2D eigenvalue weighted by Gasteiger charge is -2.12. The molecule has 0 aliphatic heterocycles. The van der Waals surface area contributed by atoms with Gasteiger partial charge < -0.3 is 15.2 Å². The second kappa shape index (κ2) is 6.19. The highest BCUT2D eigenvalue weighted by molar-refractivity contribution is 6.35. The minimum Gasteiger partial charge on any atom is -0.389 e. The standard InChI is InChI=1S/C14H17ClN2O2/c1-9-3-5-12(15)11-4-6-13(17-14(9)11)16-7-10(18)8-19-2/h3-6,10,18H,7-8H2,1-2H3,(H,16,17)/t10-/m1/s1. The Morgan fingerprint density at radius 2 is 2.16 bits per heavy atom. The highest BCUT2D eigenvalue weighted by Gasteiger charge is 2.07. The van der Waals surface area contributed by atoms with Gasteiger partial charge in [0.15, 0.2) is 0 Å². The molecule has 2 N–H and O–H groups in total. The van der Waals surface area contributed by atoms with E-state index in [0.717, 1.165) is 16.5 Å². The Bertz CT molecular complexity index is 575. The number of ether oxygens (including phenoxy) is 1. The molecule has 0 saturated carbocycles.